The molecule has 0 saturated carbocycles. The summed E-state index contributed by atoms with van der Waals surface area (Å²) in [7, 11) is 0. The number of rotatable bonds is 7. The van der Waals surface area contributed by atoms with E-state index in [-0.39, 0.29) is 17.3 Å². The number of halogens is 3. The molecule has 4 heterocycles. The van der Waals surface area contributed by atoms with E-state index in [9.17, 15) is 27.9 Å². The van der Waals surface area contributed by atoms with Gasteiger partial charge in [0.25, 0.3) is 11.8 Å². The van der Waals surface area contributed by atoms with Crippen LogP contribution in [0.25, 0.3) is 5.65 Å². The number of aryl methyl sites for hydroxylation is 1. The molecular weight excluding hydrogens is 479 g/mol. The largest absolute Gasteiger partial charge is 0.433 e. The normalized spacial score (nSPS) is 16.3. The van der Waals surface area contributed by atoms with Crippen molar-refractivity contribution in [1.82, 2.24) is 19.7 Å². The van der Waals surface area contributed by atoms with E-state index in [2.05, 4.69) is 20.6 Å². The second-order valence-corrected chi connectivity index (χ2v) is 9.30. The predicted molar refractivity (Wildman–Crippen MR) is 124 cm³/mol. The molecular formula is C24H26F3N5O4. The van der Waals surface area contributed by atoms with Crippen molar-refractivity contribution in [3.8, 4) is 0 Å². The molecule has 1 saturated heterocycles. The summed E-state index contributed by atoms with van der Waals surface area (Å²) in [6.07, 6.45) is 0.0279. The molecule has 0 radical (unpaired) electrons. The number of anilines is 1. The Morgan fingerprint density at radius 2 is 1.97 bits per heavy atom. The van der Waals surface area contributed by atoms with Gasteiger partial charge in [-0.2, -0.15) is 13.2 Å². The lowest BCUT2D eigenvalue weighted by atomic mass is 10.0. The second-order valence-electron chi connectivity index (χ2n) is 9.30. The summed E-state index contributed by atoms with van der Waals surface area (Å²) in [5.74, 6) is -1.39. The maximum Gasteiger partial charge on any atom is 0.433 e. The van der Waals surface area contributed by atoms with E-state index in [1.165, 1.54) is 12.3 Å². The Morgan fingerprint density at radius 1 is 1.19 bits per heavy atom. The lowest BCUT2D eigenvalue weighted by Gasteiger charge is -2.15. The number of amides is 2. The minimum absolute atomic E-state index is 0.0783. The number of aromatic nitrogens is 3. The number of fused-ring (bicyclic) bond motifs is 1. The number of nitrogens with one attached hydrogen (secondary N) is 2. The van der Waals surface area contributed by atoms with Gasteiger partial charge in [0.2, 0.25) is 0 Å². The van der Waals surface area contributed by atoms with Crippen LogP contribution >= 0.6 is 0 Å². The third kappa shape index (κ3) is 6.18. The molecule has 1 unspecified atom stereocenters. The van der Waals surface area contributed by atoms with Crippen LogP contribution in [0.2, 0.25) is 0 Å². The van der Waals surface area contributed by atoms with Gasteiger partial charge in [-0.25, -0.2) is 9.97 Å². The molecule has 1 atom stereocenters. The van der Waals surface area contributed by atoms with Crippen molar-refractivity contribution in [3.05, 3.63) is 59.3 Å². The van der Waals surface area contributed by atoms with Crippen LogP contribution < -0.4 is 10.6 Å². The number of nitrogens with zero attached hydrogens (tertiary/aromatic N) is 3. The summed E-state index contributed by atoms with van der Waals surface area (Å²) in [6.45, 7) is 4.24. The average Bonchev–Trinajstić information content (AvgIpc) is 3.45. The van der Waals surface area contributed by atoms with Gasteiger partial charge < -0.3 is 24.9 Å². The van der Waals surface area contributed by atoms with Gasteiger partial charge in [-0.1, -0.05) is 6.07 Å². The highest BCUT2D eigenvalue weighted by Crippen LogP contribution is 2.28. The molecule has 3 aromatic heterocycles. The van der Waals surface area contributed by atoms with Crippen LogP contribution in [-0.2, 0) is 17.3 Å². The van der Waals surface area contributed by atoms with E-state index in [0.29, 0.717) is 43.8 Å². The fourth-order valence-corrected chi connectivity index (χ4v) is 3.74. The van der Waals surface area contributed by atoms with E-state index in [1.54, 1.807) is 24.4 Å². The molecule has 0 spiro atoms. The Bertz CT molecular complexity index is 1280. The van der Waals surface area contributed by atoms with Gasteiger partial charge in [-0.05, 0) is 51.3 Å². The van der Waals surface area contributed by atoms with Gasteiger partial charge in [0.15, 0.2) is 0 Å². The summed E-state index contributed by atoms with van der Waals surface area (Å²) in [6, 6.07) is 4.31. The zero-order chi connectivity index (χ0) is 26.1. The first kappa shape index (κ1) is 25.6. The quantitative estimate of drug-likeness (QED) is 0.454. The number of hydrogen-bond donors (Lipinski definition) is 3. The second kappa shape index (κ2) is 9.86. The molecule has 1 aliphatic rings. The van der Waals surface area contributed by atoms with E-state index in [1.807, 2.05) is 0 Å². The number of ether oxygens (including phenoxy) is 1. The van der Waals surface area contributed by atoms with Gasteiger partial charge >= 0.3 is 6.18 Å². The first-order chi connectivity index (χ1) is 16.9. The molecule has 4 rings (SSSR count). The Hall–Kier alpha value is -3.51. The molecule has 9 nitrogen and oxygen atoms in total. The van der Waals surface area contributed by atoms with Crippen LogP contribution in [0.15, 0.2) is 36.7 Å². The number of aliphatic hydroxyl groups is 1. The van der Waals surface area contributed by atoms with Gasteiger partial charge in [0.1, 0.15) is 17.0 Å². The zero-order valence-corrected chi connectivity index (χ0v) is 19.7. The molecule has 0 aliphatic carbocycles. The van der Waals surface area contributed by atoms with Gasteiger partial charge in [0.05, 0.1) is 35.2 Å². The van der Waals surface area contributed by atoms with Crippen molar-refractivity contribution in [3.63, 3.8) is 0 Å². The van der Waals surface area contributed by atoms with E-state index in [4.69, 9.17) is 4.74 Å². The number of imidazole rings is 1. The maximum absolute atomic E-state index is 13.1. The first-order valence-electron chi connectivity index (χ1n) is 11.4. The van der Waals surface area contributed by atoms with Crippen LogP contribution in [0.3, 0.4) is 0 Å². The highest BCUT2D eigenvalue weighted by atomic mass is 19.4. The van der Waals surface area contributed by atoms with E-state index < -0.39 is 35.0 Å². The van der Waals surface area contributed by atoms with Gasteiger partial charge in [-0.3, -0.25) is 9.59 Å². The van der Waals surface area contributed by atoms with Crippen molar-refractivity contribution in [1.29, 1.82) is 0 Å². The fraction of sp³-hybridized carbons (Fsp3) is 0.417. The molecule has 2 amide bonds. The summed E-state index contributed by atoms with van der Waals surface area (Å²) in [5, 5.41) is 15.4. The van der Waals surface area contributed by atoms with E-state index >= 15 is 0 Å². The minimum atomic E-state index is -4.71. The Kier molecular flexibility index (Phi) is 7.01. The summed E-state index contributed by atoms with van der Waals surface area (Å²) in [4.78, 5) is 33.8. The minimum Gasteiger partial charge on any atom is -0.390 e. The number of carbonyl (C=O) groups is 2. The molecule has 36 heavy (non-hydrogen) atoms. The number of carbonyl (C=O) groups excluding carboxylic acids is 2. The molecule has 3 N–H and O–H groups in total. The highest BCUT2D eigenvalue weighted by molar-refractivity contribution is 6.08. The molecule has 0 bridgehead atoms. The molecule has 0 aromatic carbocycles. The third-order valence-corrected chi connectivity index (χ3v) is 5.67. The van der Waals surface area contributed by atoms with Crippen molar-refractivity contribution >= 4 is 23.1 Å². The average molecular weight is 505 g/mol. The topological polar surface area (TPSA) is 118 Å². The SMILES string of the molecule is CC(C)(O)CCc1cn2cc(NC(=O)c3cccc(C(F)(F)F)n3)c(C(=O)NC3CCOC3)cc2n1. The fourth-order valence-electron chi connectivity index (χ4n) is 3.74. The zero-order valence-electron chi connectivity index (χ0n) is 19.7. The number of hydrogen-bond acceptors (Lipinski definition) is 6. The monoisotopic (exact) mass is 505 g/mol. The van der Waals surface area contributed by atoms with Crippen LogP contribution in [0, 0.1) is 0 Å². The summed E-state index contributed by atoms with van der Waals surface area (Å²) in [5.41, 5.74) is -1.27. The van der Waals surface area contributed by atoms with Crippen LogP contribution in [-0.4, -0.2) is 56.1 Å². The molecule has 192 valence electrons. The lowest BCUT2D eigenvalue weighted by molar-refractivity contribution is -0.141. The maximum atomic E-state index is 13.1. The lowest BCUT2D eigenvalue weighted by Crippen LogP contribution is -2.35. The van der Waals surface area contributed by atoms with Gasteiger partial charge in [0, 0.05) is 19.0 Å². The third-order valence-electron chi connectivity index (χ3n) is 5.67. The summed E-state index contributed by atoms with van der Waals surface area (Å²) < 4.78 is 46.0. The van der Waals surface area contributed by atoms with Crippen molar-refractivity contribution in [2.75, 3.05) is 18.5 Å². The van der Waals surface area contributed by atoms with Crippen LogP contribution in [0.5, 0.6) is 0 Å². The highest BCUT2D eigenvalue weighted by Gasteiger charge is 2.33. The first-order valence-corrected chi connectivity index (χ1v) is 11.4. The standard InChI is InChI=1S/C24H26F3N5O4/c1-23(2,35)8-6-14-11-32-12-18(31-22(34)17-4-3-5-19(30-17)24(25,26)27)16(10-20(32)28-14)21(33)29-15-7-9-36-13-15/h3-5,10-12,15,35H,6-9,13H2,1-2H3,(H,29,33)(H,31,34). The predicted octanol–water partition coefficient (Wildman–Crippen LogP) is 3.22. The molecule has 1 fully saturated rings. The smallest absolute Gasteiger partial charge is 0.390 e. The number of alkyl halides is 3. The van der Waals surface area contributed by atoms with Crippen molar-refractivity contribution in [2.45, 2.75) is 50.9 Å². The Labute approximate surface area is 204 Å². The number of pyridine rings is 2. The van der Waals surface area contributed by atoms with Gasteiger partial charge in [-0.15, -0.1) is 0 Å². The van der Waals surface area contributed by atoms with Crippen molar-refractivity contribution < 1.29 is 32.6 Å². The molecule has 12 heteroatoms. The molecule has 3 aromatic rings. The van der Waals surface area contributed by atoms with Crippen LogP contribution in [0.4, 0.5) is 18.9 Å². The summed E-state index contributed by atoms with van der Waals surface area (Å²) >= 11 is 0. The Morgan fingerprint density at radius 3 is 2.64 bits per heavy atom. The van der Waals surface area contributed by atoms with Crippen LogP contribution in [0.1, 0.15) is 58.9 Å². The van der Waals surface area contributed by atoms with Crippen molar-refractivity contribution in [2.24, 2.45) is 0 Å². The van der Waals surface area contributed by atoms with E-state index in [0.717, 1.165) is 18.2 Å². The molecule has 1 aliphatic heterocycles. The Balaban J connectivity index is 1.66.